The highest BCUT2D eigenvalue weighted by atomic mass is 32.1. The van der Waals surface area contributed by atoms with Crippen molar-refractivity contribution in [1.82, 2.24) is 19.9 Å². The molecule has 0 saturated heterocycles. The van der Waals surface area contributed by atoms with Crippen LogP contribution in [0.3, 0.4) is 0 Å². The first-order chi connectivity index (χ1) is 21.4. The third kappa shape index (κ3) is 7.48. The molecule has 0 fully saturated rings. The van der Waals surface area contributed by atoms with E-state index in [1.807, 2.05) is 48.5 Å². The third-order valence-electron chi connectivity index (χ3n) is 6.71. The van der Waals surface area contributed by atoms with Crippen LogP contribution in [0, 0.1) is 5.82 Å². The summed E-state index contributed by atoms with van der Waals surface area (Å²) < 4.78 is 14.8. The molecule has 2 N–H and O–H groups in total. The molecule has 0 aliphatic heterocycles. The largest absolute Gasteiger partial charge is 0.384 e. The Hall–Kier alpha value is -5.04. The smallest absolute Gasteiger partial charge is 0.280 e. The SMILES string of the molecule is O=CN(OCc1ccccc1)c1cnc(-c2ccc(F)cc2)n(CC(=O)NC(Cc2ccccc2)C(O)c2nccs2)c1=O. The maximum Gasteiger partial charge on any atom is 0.280 e. The van der Waals surface area contributed by atoms with Gasteiger partial charge in [-0.2, -0.15) is 5.06 Å². The van der Waals surface area contributed by atoms with Crippen LogP contribution in [-0.4, -0.2) is 38.0 Å². The van der Waals surface area contributed by atoms with Gasteiger partial charge in [-0.15, -0.1) is 11.3 Å². The molecule has 3 aromatic carbocycles. The van der Waals surface area contributed by atoms with E-state index in [9.17, 15) is 23.9 Å². The first kappa shape index (κ1) is 30.4. The van der Waals surface area contributed by atoms with Crippen LogP contribution >= 0.6 is 11.3 Å². The Morgan fingerprint density at radius 3 is 2.34 bits per heavy atom. The lowest BCUT2D eigenvalue weighted by Crippen LogP contribution is -2.44. The molecule has 0 aliphatic carbocycles. The van der Waals surface area contributed by atoms with Crippen LogP contribution in [0.4, 0.5) is 10.1 Å². The highest BCUT2D eigenvalue weighted by Gasteiger charge is 2.27. The van der Waals surface area contributed by atoms with E-state index >= 15 is 0 Å². The van der Waals surface area contributed by atoms with Gasteiger partial charge in [-0.3, -0.25) is 23.8 Å². The molecule has 0 bridgehead atoms. The zero-order chi connectivity index (χ0) is 30.9. The van der Waals surface area contributed by atoms with Crippen molar-refractivity contribution in [2.24, 2.45) is 0 Å². The van der Waals surface area contributed by atoms with Crippen molar-refractivity contribution in [2.75, 3.05) is 5.06 Å². The van der Waals surface area contributed by atoms with E-state index < -0.39 is 36.0 Å². The molecule has 5 aromatic rings. The van der Waals surface area contributed by atoms with Gasteiger partial charge in [0.25, 0.3) is 5.56 Å². The van der Waals surface area contributed by atoms with Gasteiger partial charge in [-0.05, 0) is 41.8 Å². The number of aromatic nitrogens is 3. The summed E-state index contributed by atoms with van der Waals surface area (Å²) in [6.07, 6.45) is 2.24. The Bertz CT molecular complexity index is 1740. The lowest BCUT2D eigenvalue weighted by molar-refractivity contribution is -0.123. The van der Waals surface area contributed by atoms with Crippen molar-refractivity contribution in [3.63, 3.8) is 0 Å². The normalized spacial score (nSPS) is 12.3. The summed E-state index contributed by atoms with van der Waals surface area (Å²) in [5.41, 5.74) is 1.04. The lowest BCUT2D eigenvalue weighted by Gasteiger charge is -2.24. The number of hydrogen-bond acceptors (Lipinski definition) is 8. The van der Waals surface area contributed by atoms with Crippen molar-refractivity contribution >= 4 is 29.3 Å². The Morgan fingerprint density at radius 1 is 1.02 bits per heavy atom. The predicted octanol–water partition coefficient (Wildman–Crippen LogP) is 4.06. The highest BCUT2D eigenvalue weighted by Crippen LogP contribution is 2.23. The standard InChI is InChI=1S/C32H28FN5O5S/c33-25-13-11-24(12-14-25)30-35-18-27(38(21-39)43-20-23-9-5-2-6-10-23)32(42)37(30)19-28(40)36-26(17-22-7-3-1-4-8-22)29(41)31-34-15-16-44-31/h1-16,18,21,26,29,41H,17,19-20H2,(H,36,40). The van der Waals surface area contributed by atoms with E-state index in [1.54, 1.807) is 23.7 Å². The number of amides is 2. The predicted molar refractivity (Wildman–Crippen MR) is 163 cm³/mol. The second-order valence-electron chi connectivity index (χ2n) is 9.73. The van der Waals surface area contributed by atoms with E-state index in [0.29, 0.717) is 17.0 Å². The summed E-state index contributed by atoms with van der Waals surface area (Å²) in [5, 5.41) is 16.9. The van der Waals surface area contributed by atoms with E-state index in [-0.39, 0.29) is 24.5 Å². The van der Waals surface area contributed by atoms with Gasteiger partial charge in [0.1, 0.15) is 35.9 Å². The van der Waals surface area contributed by atoms with E-state index in [0.717, 1.165) is 20.8 Å². The van der Waals surface area contributed by atoms with Crippen LogP contribution in [0.15, 0.2) is 107 Å². The summed E-state index contributed by atoms with van der Waals surface area (Å²) in [4.78, 5) is 53.5. The molecule has 44 heavy (non-hydrogen) atoms. The first-order valence-corrected chi connectivity index (χ1v) is 14.5. The molecule has 0 radical (unpaired) electrons. The van der Waals surface area contributed by atoms with Crippen LogP contribution in [0.2, 0.25) is 0 Å². The van der Waals surface area contributed by atoms with Crippen molar-refractivity contribution in [3.8, 4) is 11.4 Å². The van der Waals surface area contributed by atoms with E-state index in [4.69, 9.17) is 4.84 Å². The van der Waals surface area contributed by atoms with Gasteiger partial charge in [0.05, 0.1) is 12.2 Å². The zero-order valence-electron chi connectivity index (χ0n) is 23.3. The van der Waals surface area contributed by atoms with Crippen LogP contribution < -0.4 is 15.9 Å². The van der Waals surface area contributed by atoms with E-state index in [2.05, 4.69) is 15.3 Å². The van der Waals surface area contributed by atoms with Gasteiger partial charge in [0, 0.05) is 17.1 Å². The second kappa shape index (κ2) is 14.4. The molecule has 2 amide bonds. The van der Waals surface area contributed by atoms with Gasteiger partial charge in [-0.1, -0.05) is 60.7 Å². The number of carbonyl (C=O) groups is 2. The Morgan fingerprint density at radius 2 is 1.70 bits per heavy atom. The quantitative estimate of drug-likeness (QED) is 0.152. The Kier molecular flexibility index (Phi) is 9.97. The molecule has 5 rings (SSSR count). The highest BCUT2D eigenvalue weighted by molar-refractivity contribution is 7.09. The fourth-order valence-corrected chi connectivity index (χ4v) is 5.23. The molecule has 2 aromatic heterocycles. The number of thiazole rings is 1. The van der Waals surface area contributed by atoms with Gasteiger partial charge >= 0.3 is 0 Å². The maximum absolute atomic E-state index is 13.8. The van der Waals surface area contributed by atoms with Crippen molar-refractivity contribution in [1.29, 1.82) is 0 Å². The summed E-state index contributed by atoms with van der Waals surface area (Å²) in [6.45, 7) is -0.525. The maximum atomic E-state index is 13.8. The monoisotopic (exact) mass is 613 g/mol. The number of benzene rings is 3. The third-order valence-corrected chi connectivity index (χ3v) is 7.56. The number of halogens is 1. The Labute approximate surface area is 256 Å². The molecular formula is C32H28FN5O5S. The van der Waals surface area contributed by atoms with Crippen LogP contribution in [0.25, 0.3) is 11.4 Å². The minimum atomic E-state index is -1.12. The number of aliphatic hydroxyl groups is 1. The molecule has 0 aliphatic rings. The number of anilines is 1. The van der Waals surface area contributed by atoms with Crippen molar-refractivity contribution < 1.29 is 23.9 Å². The summed E-state index contributed by atoms with van der Waals surface area (Å²) in [5.74, 6) is -1.02. The fraction of sp³-hybridized carbons (Fsp3) is 0.156. The van der Waals surface area contributed by atoms with Gasteiger partial charge < -0.3 is 10.4 Å². The topological polar surface area (TPSA) is 127 Å². The molecule has 2 unspecified atom stereocenters. The van der Waals surface area contributed by atoms with Gasteiger partial charge in [0.15, 0.2) is 5.69 Å². The number of aliphatic hydroxyl groups excluding tert-OH is 1. The van der Waals surface area contributed by atoms with Gasteiger partial charge in [-0.25, -0.2) is 14.4 Å². The number of carbonyl (C=O) groups excluding carboxylic acids is 2. The molecule has 2 heterocycles. The summed E-state index contributed by atoms with van der Waals surface area (Å²) in [7, 11) is 0. The number of nitrogens with one attached hydrogen (secondary N) is 1. The second-order valence-corrected chi connectivity index (χ2v) is 10.7. The van der Waals surface area contributed by atoms with Crippen LogP contribution in [0.5, 0.6) is 0 Å². The first-order valence-electron chi connectivity index (χ1n) is 13.6. The molecule has 0 saturated carbocycles. The fourth-order valence-electron chi connectivity index (χ4n) is 4.54. The minimum Gasteiger partial charge on any atom is -0.384 e. The molecule has 12 heteroatoms. The summed E-state index contributed by atoms with van der Waals surface area (Å²) in [6, 6.07) is 22.9. The molecule has 2 atom stereocenters. The van der Waals surface area contributed by atoms with E-state index in [1.165, 1.54) is 41.8 Å². The summed E-state index contributed by atoms with van der Waals surface area (Å²) >= 11 is 1.25. The number of rotatable bonds is 13. The van der Waals surface area contributed by atoms with Crippen LogP contribution in [0.1, 0.15) is 22.2 Å². The van der Waals surface area contributed by atoms with Crippen molar-refractivity contribution in [3.05, 3.63) is 135 Å². The minimum absolute atomic E-state index is 0.00493. The number of hydrogen-bond donors (Lipinski definition) is 2. The molecular weight excluding hydrogens is 585 g/mol. The molecule has 224 valence electrons. The van der Waals surface area contributed by atoms with Gasteiger partial charge in [0.2, 0.25) is 12.3 Å². The number of hydroxylamine groups is 1. The molecule has 10 nitrogen and oxygen atoms in total. The Balaban J connectivity index is 1.45. The lowest BCUT2D eigenvalue weighted by atomic mass is 10.0. The average Bonchev–Trinajstić information content (AvgIpc) is 3.59. The van der Waals surface area contributed by atoms with Crippen LogP contribution in [-0.2, 0) is 34.0 Å². The average molecular weight is 614 g/mol. The zero-order valence-corrected chi connectivity index (χ0v) is 24.1. The van der Waals surface area contributed by atoms with Crippen molar-refractivity contribution in [2.45, 2.75) is 31.7 Å². The number of nitrogens with zero attached hydrogens (tertiary/aromatic N) is 4. The molecule has 0 spiro atoms.